The molecule has 1 amide bonds. The number of rotatable bonds is 5. The zero-order valence-electron chi connectivity index (χ0n) is 11.8. The van der Waals surface area contributed by atoms with Crippen molar-refractivity contribution in [3.8, 4) is 11.5 Å². The molecule has 0 bridgehead atoms. The van der Waals surface area contributed by atoms with Crippen LogP contribution in [-0.4, -0.2) is 27.3 Å². The smallest absolute Gasteiger partial charge is 0.270 e. The van der Waals surface area contributed by atoms with E-state index in [1.165, 1.54) is 18.2 Å². The number of nitro benzene ring substituents is 1. The average Bonchev–Trinajstić information content (AvgIpc) is 2.49. The van der Waals surface area contributed by atoms with Crippen LogP contribution in [-0.2, 0) is 11.2 Å². The minimum atomic E-state index is -0.600. The van der Waals surface area contributed by atoms with E-state index >= 15 is 0 Å². The van der Waals surface area contributed by atoms with Crippen molar-refractivity contribution < 1.29 is 19.9 Å². The van der Waals surface area contributed by atoms with Crippen LogP contribution in [0.5, 0.6) is 11.5 Å². The summed E-state index contributed by atoms with van der Waals surface area (Å²) in [6.07, 6.45) is 1.12. The number of phenols is 2. The first kappa shape index (κ1) is 16.0. The highest BCUT2D eigenvalue weighted by molar-refractivity contribution is 5.86. The number of nitrogens with zero attached hydrogens (tertiary/aromatic N) is 2. The zero-order chi connectivity index (χ0) is 16.8. The number of phenolic OH excluding ortho intramolecular Hbond substituents is 2. The summed E-state index contributed by atoms with van der Waals surface area (Å²) >= 11 is 0. The second-order valence-electron chi connectivity index (χ2n) is 4.64. The van der Waals surface area contributed by atoms with Gasteiger partial charge in [0.2, 0.25) is 5.91 Å². The van der Waals surface area contributed by atoms with E-state index in [4.69, 9.17) is 0 Å². The summed E-state index contributed by atoms with van der Waals surface area (Å²) in [6, 6.07) is 9.71. The molecular formula is C15H13N3O5. The summed E-state index contributed by atoms with van der Waals surface area (Å²) in [5.41, 5.74) is 2.76. The van der Waals surface area contributed by atoms with E-state index in [1.807, 2.05) is 0 Å². The number of carbonyl (C=O) groups is 1. The lowest BCUT2D eigenvalue weighted by atomic mass is 10.1. The van der Waals surface area contributed by atoms with Crippen LogP contribution >= 0.6 is 0 Å². The molecule has 0 aromatic heterocycles. The van der Waals surface area contributed by atoms with Crippen LogP contribution in [0.2, 0.25) is 0 Å². The number of nitrogens with one attached hydrogen (secondary N) is 1. The molecule has 8 heteroatoms. The zero-order valence-corrected chi connectivity index (χ0v) is 11.8. The number of aromatic hydroxyl groups is 2. The normalized spacial score (nSPS) is 10.6. The van der Waals surface area contributed by atoms with Gasteiger partial charge in [-0.1, -0.05) is 12.1 Å². The molecule has 23 heavy (non-hydrogen) atoms. The maximum Gasteiger partial charge on any atom is 0.270 e. The van der Waals surface area contributed by atoms with Gasteiger partial charge in [-0.3, -0.25) is 14.9 Å². The van der Waals surface area contributed by atoms with E-state index in [-0.39, 0.29) is 29.2 Å². The molecule has 0 saturated carbocycles. The van der Waals surface area contributed by atoms with Gasteiger partial charge in [-0.25, -0.2) is 5.43 Å². The summed E-state index contributed by atoms with van der Waals surface area (Å²) < 4.78 is 0. The Kier molecular flexibility index (Phi) is 4.88. The van der Waals surface area contributed by atoms with Crippen molar-refractivity contribution in [3.63, 3.8) is 0 Å². The number of amides is 1. The number of hydrogen-bond acceptors (Lipinski definition) is 6. The number of carbonyl (C=O) groups excluding carboxylic acids is 1. The molecule has 3 N–H and O–H groups in total. The van der Waals surface area contributed by atoms with Gasteiger partial charge in [0.05, 0.1) is 17.6 Å². The molecule has 0 aliphatic carbocycles. The van der Waals surface area contributed by atoms with Crippen LogP contribution in [0.4, 0.5) is 5.69 Å². The van der Waals surface area contributed by atoms with Crippen LogP contribution in [0.1, 0.15) is 11.1 Å². The van der Waals surface area contributed by atoms with Crippen LogP contribution in [0, 0.1) is 10.1 Å². The minimum absolute atomic E-state index is 0.00661. The summed E-state index contributed by atoms with van der Waals surface area (Å²) in [7, 11) is 0. The lowest BCUT2D eigenvalue weighted by molar-refractivity contribution is -0.384. The fraction of sp³-hybridized carbons (Fsp3) is 0.0667. The second kappa shape index (κ2) is 7.03. The number of nitro groups is 1. The highest BCUT2D eigenvalue weighted by atomic mass is 16.6. The Morgan fingerprint density at radius 2 is 2.04 bits per heavy atom. The van der Waals surface area contributed by atoms with Crippen LogP contribution < -0.4 is 5.43 Å². The van der Waals surface area contributed by atoms with Gasteiger partial charge >= 0.3 is 0 Å². The molecule has 8 nitrogen and oxygen atoms in total. The highest BCUT2D eigenvalue weighted by Gasteiger charge is 2.09. The molecule has 2 aromatic rings. The maximum atomic E-state index is 11.7. The van der Waals surface area contributed by atoms with Crippen LogP contribution in [0.3, 0.4) is 0 Å². The molecule has 0 atom stereocenters. The standard InChI is InChI=1S/C15H13N3O5/c19-13-3-1-2-10(6-13)7-15(21)17-16-9-11-8-12(18(22)23)4-5-14(11)20/h1-6,8-9,19-20H,7H2,(H,17,21)/b16-9+. The maximum absolute atomic E-state index is 11.7. The topological polar surface area (TPSA) is 125 Å². The van der Waals surface area contributed by atoms with E-state index in [2.05, 4.69) is 10.5 Å². The molecule has 0 unspecified atom stereocenters. The van der Waals surface area contributed by atoms with Gasteiger partial charge in [-0.15, -0.1) is 0 Å². The van der Waals surface area contributed by atoms with E-state index in [9.17, 15) is 25.1 Å². The first-order valence-electron chi connectivity index (χ1n) is 6.53. The summed E-state index contributed by atoms with van der Waals surface area (Å²) in [5, 5.41) is 33.2. The van der Waals surface area contributed by atoms with Crippen molar-refractivity contribution in [3.05, 3.63) is 63.7 Å². The molecule has 2 rings (SSSR count). The SMILES string of the molecule is O=C(Cc1cccc(O)c1)N/N=C/c1cc([N+](=O)[O-])ccc1O. The quantitative estimate of drug-likeness (QED) is 0.440. The lowest BCUT2D eigenvalue weighted by Gasteiger charge is -2.02. The molecule has 0 aliphatic heterocycles. The monoisotopic (exact) mass is 315 g/mol. The van der Waals surface area contributed by atoms with E-state index < -0.39 is 10.8 Å². The number of benzene rings is 2. The van der Waals surface area contributed by atoms with Gasteiger partial charge in [0.1, 0.15) is 11.5 Å². The van der Waals surface area contributed by atoms with Crippen molar-refractivity contribution in [2.45, 2.75) is 6.42 Å². The predicted octanol–water partition coefficient (Wildman–Crippen LogP) is 1.70. The van der Waals surface area contributed by atoms with Gasteiger partial charge < -0.3 is 10.2 Å². The van der Waals surface area contributed by atoms with Gasteiger partial charge in [0.15, 0.2) is 0 Å². The van der Waals surface area contributed by atoms with Crippen molar-refractivity contribution in [2.75, 3.05) is 0 Å². The molecule has 0 aliphatic rings. The molecule has 2 aromatic carbocycles. The fourth-order valence-electron chi connectivity index (χ4n) is 1.82. The van der Waals surface area contributed by atoms with Crippen molar-refractivity contribution in [1.82, 2.24) is 5.43 Å². The van der Waals surface area contributed by atoms with Crippen LogP contribution in [0.15, 0.2) is 47.6 Å². The van der Waals surface area contributed by atoms with Crippen molar-refractivity contribution >= 4 is 17.8 Å². The largest absolute Gasteiger partial charge is 0.508 e. The molecule has 0 saturated heterocycles. The number of hydrogen-bond donors (Lipinski definition) is 3. The lowest BCUT2D eigenvalue weighted by Crippen LogP contribution is -2.19. The first-order valence-corrected chi connectivity index (χ1v) is 6.53. The highest BCUT2D eigenvalue weighted by Crippen LogP contribution is 2.21. The third-order valence-corrected chi connectivity index (χ3v) is 2.89. The molecule has 0 radical (unpaired) electrons. The van der Waals surface area contributed by atoms with Crippen molar-refractivity contribution in [2.24, 2.45) is 5.10 Å². The third kappa shape index (κ3) is 4.53. The fourth-order valence-corrected chi connectivity index (χ4v) is 1.82. The second-order valence-corrected chi connectivity index (χ2v) is 4.64. The predicted molar refractivity (Wildman–Crippen MR) is 82.3 cm³/mol. The Morgan fingerprint density at radius 3 is 2.74 bits per heavy atom. The Balaban J connectivity index is 2.00. The summed E-state index contributed by atoms with van der Waals surface area (Å²) in [6.45, 7) is 0. The van der Waals surface area contributed by atoms with Gasteiger partial charge in [-0.05, 0) is 23.8 Å². The van der Waals surface area contributed by atoms with E-state index in [1.54, 1.807) is 12.1 Å². The molecule has 0 spiro atoms. The van der Waals surface area contributed by atoms with Gasteiger partial charge in [0, 0.05) is 17.7 Å². The Bertz CT molecular complexity index is 773. The van der Waals surface area contributed by atoms with E-state index in [0.29, 0.717) is 5.56 Å². The molecular weight excluding hydrogens is 302 g/mol. The average molecular weight is 315 g/mol. The molecule has 118 valence electrons. The summed E-state index contributed by atoms with van der Waals surface area (Å²) in [4.78, 5) is 21.8. The van der Waals surface area contributed by atoms with E-state index in [0.717, 1.165) is 18.3 Å². The first-order chi connectivity index (χ1) is 11.0. The third-order valence-electron chi connectivity index (χ3n) is 2.89. The van der Waals surface area contributed by atoms with Crippen LogP contribution in [0.25, 0.3) is 0 Å². The molecule has 0 heterocycles. The Morgan fingerprint density at radius 1 is 1.26 bits per heavy atom. The van der Waals surface area contributed by atoms with Gasteiger partial charge in [-0.2, -0.15) is 5.10 Å². The summed E-state index contributed by atoms with van der Waals surface area (Å²) in [5.74, 6) is -0.571. The Labute approximate surface area is 130 Å². The number of non-ortho nitro benzene ring substituents is 1. The number of hydrazone groups is 1. The molecule has 0 fully saturated rings. The van der Waals surface area contributed by atoms with Crippen molar-refractivity contribution in [1.29, 1.82) is 0 Å². The van der Waals surface area contributed by atoms with Gasteiger partial charge in [0.25, 0.3) is 5.69 Å². The Hall–Kier alpha value is -3.42. The minimum Gasteiger partial charge on any atom is -0.508 e.